The molecule has 0 atom stereocenters. The van der Waals surface area contributed by atoms with Crippen molar-refractivity contribution in [1.29, 1.82) is 0 Å². The zero-order valence-corrected chi connectivity index (χ0v) is 11.2. The van der Waals surface area contributed by atoms with Crippen LogP contribution in [0, 0.1) is 0 Å². The Hall–Kier alpha value is -1.61. The Labute approximate surface area is 108 Å². The van der Waals surface area contributed by atoms with Crippen molar-refractivity contribution in [1.82, 2.24) is 4.98 Å². The second-order valence-electron chi connectivity index (χ2n) is 4.58. The molecule has 0 aliphatic rings. The number of hydrogen-bond donors (Lipinski definition) is 1. The lowest BCUT2D eigenvalue weighted by atomic mass is 10.1. The van der Waals surface area contributed by atoms with E-state index in [2.05, 4.69) is 29.4 Å². The summed E-state index contributed by atoms with van der Waals surface area (Å²) in [5.74, 6) is 0.928. The quantitative estimate of drug-likeness (QED) is 0.872. The van der Waals surface area contributed by atoms with Gasteiger partial charge in [0.2, 0.25) is 0 Å². The summed E-state index contributed by atoms with van der Waals surface area (Å²) in [5.41, 5.74) is 2.13. The van der Waals surface area contributed by atoms with E-state index in [1.165, 1.54) is 0 Å². The number of hydrogen-bond acceptors (Lipinski definition) is 3. The molecule has 0 radical (unpaired) electrons. The monoisotopic (exact) mass is 244 g/mol. The number of para-hydroxylation sites is 1. The average Bonchev–Trinajstić information content (AvgIpc) is 2.36. The molecular weight excluding hydrogens is 224 g/mol. The fraction of sp³-hybridized carbons (Fsp3) is 0.400. The normalized spacial score (nSPS) is 11.1. The second kappa shape index (κ2) is 5.83. The van der Waals surface area contributed by atoms with Crippen molar-refractivity contribution in [3.05, 3.63) is 35.9 Å². The van der Waals surface area contributed by atoms with Crippen molar-refractivity contribution in [2.24, 2.45) is 0 Å². The minimum atomic E-state index is 0.228. The standard InChI is InChI=1S/C15H20N2O/c1-4-16-15-13(10-18-11(2)3)9-12-7-5-6-8-14(12)17-15/h5-9,11H,4,10H2,1-3H3,(H,16,17). The van der Waals surface area contributed by atoms with Gasteiger partial charge in [0.15, 0.2) is 0 Å². The number of ether oxygens (including phenoxy) is 1. The second-order valence-corrected chi connectivity index (χ2v) is 4.58. The van der Waals surface area contributed by atoms with Crippen molar-refractivity contribution >= 4 is 16.7 Å². The number of pyridine rings is 1. The summed E-state index contributed by atoms with van der Waals surface area (Å²) in [4.78, 5) is 4.65. The van der Waals surface area contributed by atoms with Crippen molar-refractivity contribution in [3.63, 3.8) is 0 Å². The van der Waals surface area contributed by atoms with Gasteiger partial charge in [-0.3, -0.25) is 0 Å². The van der Waals surface area contributed by atoms with Crippen LogP contribution in [0.15, 0.2) is 30.3 Å². The maximum atomic E-state index is 5.68. The van der Waals surface area contributed by atoms with E-state index < -0.39 is 0 Å². The number of aromatic nitrogens is 1. The first-order valence-corrected chi connectivity index (χ1v) is 6.45. The van der Waals surface area contributed by atoms with Gasteiger partial charge in [-0.25, -0.2) is 4.98 Å². The van der Waals surface area contributed by atoms with Crippen LogP contribution in [0.5, 0.6) is 0 Å². The molecule has 3 heteroatoms. The van der Waals surface area contributed by atoms with E-state index in [1.807, 2.05) is 32.0 Å². The van der Waals surface area contributed by atoms with E-state index in [0.717, 1.165) is 28.8 Å². The third kappa shape index (κ3) is 2.99. The molecule has 2 rings (SSSR count). The Bertz CT molecular complexity index is 523. The van der Waals surface area contributed by atoms with Crippen LogP contribution < -0.4 is 5.32 Å². The molecule has 2 aromatic rings. The SMILES string of the molecule is CCNc1nc2ccccc2cc1COC(C)C. The third-order valence-electron chi connectivity index (χ3n) is 2.72. The molecule has 0 fully saturated rings. The largest absolute Gasteiger partial charge is 0.374 e. The fourth-order valence-electron chi connectivity index (χ4n) is 1.85. The zero-order valence-electron chi connectivity index (χ0n) is 11.2. The lowest BCUT2D eigenvalue weighted by molar-refractivity contribution is 0.0660. The van der Waals surface area contributed by atoms with E-state index in [9.17, 15) is 0 Å². The summed E-state index contributed by atoms with van der Waals surface area (Å²) in [5, 5.41) is 4.46. The molecule has 0 spiro atoms. The molecule has 96 valence electrons. The van der Waals surface area contributed by atoms with Gasteiger partial charge in [-0.2, -0.15) is 0 Å². The number of nitrogens with one attached hydrogen (secondary N) is 1. The highest BCUT2D eigenvalue weighted by Crippen LogP contribution is 2.21. The number of benzene rings is 1. The van der Waals surface area contributed by atoms with Crippen LogP contribution in [-0.4, -0.2) is 17.6 Å². The highest BCUT2D eigenvalue weighted by atomic mass is 16.5. The van der Waals surface area contributed by atoms with Crippen LogP contribution in [0.25, 0.3) is 10.9 Å². The molecule has 0 amide bonds. The summed E-state index contributed by atoms with van der Waals surface area (Å²) in [6.07, 6.45) is 0.228. The number of rotatable bonds is 5. The average molecular weight is 244 g/mol. The molecule has 1 heterocycles. The van der Waals surface area contributed by atoms with Gasteiger partial charge in [-0.05, 0) is 32.9 Å². The van der Waals surface area contributed by atoms with Crippen molar-refractivity contribution in [3.8, 4) is 0 Å². The van der Waals surface area contributed by atoms with Crippen LogP contribution in [0.3, 0.4) is 0 Å². The first-order chi connectivity index (χ1) is 8.70. The van der Waals surface area contributed by atoms with Gasteiger partial charge in [-0.15, -0.1) is 0 Å². The van der Waals surface area contributed by atoms with Gasteiger partial charge in [0.25, 0.3) is 0 Å². The Kier molecular flexibility index (Phi) is 4.15. The summed E-state index contributed by atoms with van der Waals surface area (Å²) in [6, 6.07) is 10.3. The fourth-order valence-corrected chi connectivity index (χ4v) is 1.85. The van der Waals surface area contributed by atoms with Crippen molar-refractivity contribution in [2.75, 3.05) is 11.9 Å². The minimum absolute atomic E-state index is 0.228. The highest BCUT2D eigenvalue weighted by molar-refractivity contribution is 5.81. The molecule has 1 N–H and O–H groups in total. The number of anilines is 1. The summed E-state index contributed by atoms with van der Waals surface area (Å²) in [7, 11) is 0. The molecule has 1 aromatic heterocycles. The van der Waals surface area contributed by atoms with Crippen LogP contribution in [0.1, 0.15) is 26.3 Å². The molecule has 3 nitrogen and oxygen atoms in total. The van der Waals surface area contributed by atoms with Crippen LogP contribution in [0.2, 0.25) is 0 Å². The van der Waals surface area contributed by atoms with Crippen LogP contribution in [-0.2, 0) is 11.3 Å². The Morgan fingerprint density at radius 1 is 1.28 bits per heavy atom. The summed E-state index contributed by atoms with van der Waals surface area (Å²) in [6.45, 7) is 7.62. The van der Waals surface area contributed by atoms with Gasteiger partial charge in [0.05, 0.1) is 18.2 Å². The lowest BCUT2D eigenvalue weighted by Gasteiger charge is -2.13. The van der Waals surface area contributed by atoms with E-state index in [4.69, 9.17) is 4.74 Å². The molecule has 0 saturated heterocycles. The van der Waals surface area contributed by atoms with Crippen molar-refractivity contribution in [2.45, 2.75) is 33.5 Å². The Balaban J connectivity index is 2.37. The van der Waals surface area contributed by atoms with Crippen LogP contribution in [0.4, 0.5) is 5.82 Å². The molecule has 0 unspecified atom stereocenters. The van der Waals surface area contributed by atoms with E-state index in [0.29, 0.717) is 6.61 Å². The molecule has 0 aliphatic carbocycles. The van der Waals surface area contributed by atoms with Gasteiger partial charge in [0, 0.05) is 17.5 Å². The minimum Gasteiger partial charge on any atom is -0.374 e. The first-order valence-electron chi connectivity index (χ1n) is 6.45. The molecule has 0 bridgehead atoms. The number of nitrogens with zero attached hydrogens (tertiary/aromatic N) is 1. The van der Waals surface area contributed by atoms with Gasteiger partial charge in [-0.1, -0.05) is 18.2 Å². The third-order valence-corrected chi connectivity index (χ3v) is 2.72. The summed E-state index contributed by atoms with van der Waals surface area (Å²) < 4.78 is 5.68. The van der Waals surface area contributed by atoms with E-state index >= 15 is 0 Å². The van der Waals surface area contributed by atoms with Crippen LogP contribution >= 0.6 is 0 Å². The predicted molar refractivity (Wildman–Crippen MR) is 75.8 cm³/mol. The van der Waals surface area contributed by atoms with Gasteiger partial charge >= 0.3 is 0 Å². The number of fused-ring (bicyclic) bond motifs is 1. The molecule has 0 aliphatic heterocycles. The molecular formula is C15H20N2O. The topological polar surface area (TPSA) is 34.2 Å². The molecule has 18 heavy (non-hydrogen) atoms. The Morgan fingerprint density at radius 2 is 2.06 bits per heavy atom. The van der Waals surface area contributed by atoms with Gasteiger partial charge < -0.3 is 10.1 Å². The first kappa shape index (κ1) is 12.8. The summed E-state index contributed by atoms with van der Waals surface area (Å²) >= 11 is 0. The Morgan fingerprint density at radius 3 is 2.78 bits per heavy atom. The highest BCUT2D eigenvalue weighted by Gasteiger charge is 2.07. The smallest absolute Gasteiger partial charge is 0.132 e. The maximum Gasteiger partial charge on any atom is 0.132 e. The molecule has 1 aromatic carbocycles. The lowest BCUT2D eigenvalue weighted by Crippen LogP contribution is -2.08. The zero-order chi connectivity index (χ0) is 13.0. The van der Waals surface area contributed by atoms with E-state index in [-0.39, 0.29) is 6.10 Å². The molecule has 0 saturated carbocycles. The van der Waals surface area contributed by atoms with Crippen molar-refractivity contribution < 1.29 is 4.74 Å². The van der Waals surface area contributed by atoms with E-state index in [1.54, 1.807) is 0 Å². The maximum absolute atomic E-state index is 5.68. The predicted octanol–water partition coefficient (Wildman–Crippen LogP) is 3.59. The van der Waals surface area contributed by atoms with Gasteiger partial charge in [0.1, 0.15) is 5.82 Å².